The van der Waals surface area contributed by atoms with E-state index in [0.29, 0.717) is 10.9 Å². The lowest BCUT2D eigenvalue weighted by molar-refractivity contribution is 0.1000. The van der Waals surface area contributed by atoms with Gasteiger partial charge in [0.2, 0.25) is 5.91 Å². The van der Waals surface area contributed by atoms with Crippen molar-refractivity contribution in [3.05, 3.63) is 29.6 Å². The molecule has 2 N–H and O–H groups in total. The van der Waals surface area contributed by atoms with Crippen molar-refractivity contribution in [2.75, 3.05) is 0 Å². The minimum Gasteiger partial charge on any atom is -0.366 e. The van der Waals surface area contributed by atoms with Gasteiger partial charge in [-0.15, -0.1) is 0 Å². The van der Waals surface area contributed by atoms with Crippen LogP contribution in [0.3, 0.4) is 0 Å². The van der Waals surface area contributed by atoms with Gasteiger partial charge in [0.1, 0.15) is 0 Å². The van der Waals surface area contributed by atoms with Crippen LogP contribution < -0.4 is 5.73 Å². The van der Waals surface area contributed by atoms with Crippen LogP contribution in [0.25, 0.3) is 0 Å². The summed E-state index contributed by atoms with van der Waals surface area (Å²) in [6.45, 7) is 0. The quantitative estimate of drug-likeness (QED) is 0.750. The highest BCUT2D eigenvalue weighted by atomic mass is 79.9. The molecular formula is C7H7BrN2O. The van der Waals surface area contributed by atoms with E-state index in [1.54, 1.807) is 12.3 Å². The summed E-state index contributed by atoms with van der Waals surface area (Å²) in [5.41, 5.74) is 6.44. The van der Waals surface area contributed by atoms with E-state index in [4.69, 9.17) is 5.73 Å². The number of primary amides is 1. The van der Waals surface area contributed by atoms with E-state index in [-0.39, 0.29) is 0 Å². The van der Waals surface area contributed by atoms with E-state index in [0.717, 1.165) is 5.56 Å². The van der Waals surface area contributed by atoms with Crippen LogP contribution in [0.15, 0.2) is 18.5 Å². The Bertz CT molecular complexity index is 275. The highest BCUT2D eigenvalue weighted by molar-refractivity contribution is 9.08. The zero-order chi connectivity index (χ0) is 8.27. The molecule has 0 aliphatic carbocycles. The predicted octanol–water partition coefficient (Wildman–Crippen LogP) is 1.08. The van der Waals surface area contributed by atoms with Gasteiger partial charge >= 0.3 is 0 Å². The Kier molecular flexibility index (Phi) is 2.59. The largest absolute Gasteiger partial charge is 0.366 e. The molecule has 1 amide bonds. The van der Waals surface area contributed by atoms with Crippen LogP contribution >= 0.6 is 15.9 Å². The number of hydrogen-bond donors (Lipinski definition) is 1. The number of pyridine rings is 1. The number of nitrogens with two attached hydrogens (primary N) is 1. The first kappa shape index (κ1) is 8.20. The van der Waals surface area contributed by atoms with Crippen molar-refractivity contribution in [1.82, 2.24) is 4.98 Å². The summed E-state index contributed by atoms with van der Waals surface area (Å²) in [4.78, 5) is 14.5. The van der Waals surface area contributed by atoms with Crippen molar-refractivity contribution >= 4 is 21.8 Å². The molecule has 58 valence electrons. The van der Waals surface area contributed by atoms with Gasteiger partial charge in [0.15, 0.2) is 0 Å². The predicted molar refractivity (Wildman–Crippen MR) is 45.4 cm³/mol. The first-order valence-electron chi connectivity index (χ1n) is 3.03. The molecule has 0 fully saturated rings. The van der Waals surface area contributed by atoms with Gasteiger partial charge in [0, 0.05) is 17.7 Å². The van der Waals surface area contributed by atoms with Gasteiger partial charge in [-0.3, -0.25) is 9.78 Å². The number of aromatic nitrogens is 1. The average molecular weight is 215 g/mol. The summed E-state index contributed by atoms with van der Waals surface area (Å²) in [7, 11) is 0. The lowest BCUT2D eigenvalue weighted by Gasteiger charge is -1.96. The van der Waals surface area contributed by atoms with Crippen molar-refractivity contribution in [3.8, 4) is 0 Å². The SMILES string of the molecule is NC(=O)c1cncc(CBr)c1. The second kappa shape index (κ2) is 3.48. The van der Waals surface area contributed by atoms with E-state index < -0.39 is 5.91 Å². The maximum Gasteiger partial charge on any atom is 0.250 e. The number of hydrogen-bond acceptors (Lipinski definition) is 2. The molecule has 0 radical (unpaired) electrons. The van der Waals surface area contributed by atoms with Crippen LogP contribution in [0.5, 0.6) is 0 Å². The standard InChI is InChI=1S/C7H7BrN2O/c8-2-5-1-6(7(9)11)4-10-3-5/h1,3-4H,2H2,(H2,9,11). The van der Waals surface area contributed by atoms with Gasteiger partial charge < -0.3 is 5.73 Å². The van der Waals surface area contributed by atoms with Gasteiger partial charge in [-0.1, -0.05) is 15.9 Å². The molecule has 0 aliphatic rings. The molecular weight excluding hydrogens is 208 g/mol. The molecule has 0 spiro atoms. The third-order valence-electron chi connectivity index (χ3n) is 1.23. The van der Waals surface area contributed by atoms with Gasteiger partial charge in [0.05, 0.1) is 5.56 Å². The molecule has 0 saturated carbocycles. The summed E-state index contributed by atoms with van der Waals surface area (Å²) < 4.78 is 0. The monoisotopic (exact) mass is 214 g/mol. The lowest BCUT2D eigenvalue weighted by Crippen LogP contribution is -2.11. The molecule has 0 aromatic carbocycles. The zero-order valence-electron chi connectivity index (χ0n) is 5.75. The van der Waals surface area contributed by atoms with Crippen LogP contribution in [0.1, 0.15) is 15.9 Å². The van der Waals surface area contributed by atoms with Crippen LogP contribution in [-0.2, 0) is 5.33 Å². The van der Waals surface area contributed by atoms with E-state index in [2.05, 4.69) is 20.9 Å². The third-order valence-corrected chi connectivity index (χ3v) is 1.88. The van der Waals surface area contributed by atoms with E-state index in [1.165, 1.54) is 6.20 Å². The molecule has 0 atom stereocenters. The molecule has 1 aromatic heterocycles. The Hall–Kier alpha value is -0.900. The average Bonchev–Trinajstić information content (AvgIpc) is 2.05. The van der Waals surface area contributed by atoms with E-state index in [9.17, 15) is 4.79 Å². The minimum atomic E-state index is -0.444. The maximum atomic E-state index is 10.6. The summed E-state index contributed by atoms with van der Waals surface area (Å²) in [6, 6.07) is 1.71. The number of rotatable bonds is 2. The van der Waals surface area contributed by atoms with E-state index >= 15 is 0 Å². The van der Waals surface area contributed by atoms with E-state index in [1.807, 2.05) is 0 Å². The van der Waals surface area contributed by atoms with Crippen molar-refractivity contribution in [2.45, 2.75) is 5.33 Å². The number of nitrogens with zero attached hydrogens (tertiary/aromatic N) is 1. The molecule has 0 aliphatic heterocycles. The third kappa shape index (κ3) is 2.01. The number of carbonyl (C=O) groups excluding carboxylic acids is 1. The van der Waals surface area contributed by atoms with Gasteiger partial charge in [-0.05, 0) is 11.6 Å². The topological polar surface area (TPSA) is 56.0 Å². The number of carbonyl (C=O) groups is 1. The van der Waals surface area contributed by atoms with Crippen LogP contribution in [0.2, 0.25) is 0 Å². The molecule has 11 heavy (non-hydrogen) atoms. The summed E-state index contributed by atoms with van der Waals surface area (Å²) in [5, 5.41) is 0.682. The number of alkyl halides is 1. The molecule has 0 bridgehead atoms. The van der Waals surface area contributed by atoms with Crippen molar-refractivity contribution < 1.29 is 4.79 Å². The molecule has 0 saturated heterocycles. The maximum absolute atomic E-state index is 10.6. The van der Waals surface area contributed by atoms with Gasteiger partial charge in [-0.25, -0.2) is 0 Å². The molecule has 1 heterocycles. The second-order valence-electron chi connectivity index (χ2n) is 2.08. The fraction of sp³-hybridized carbons (Fsp3) is 0.143. The second-order valence-corrected chi connectivity index (χ2v) is 2.64. The Balaban J connectivity index is 3.01. The smallest absolute Gasteiger partial charge is 0.250 e. The first-order valence-corrected chi connectivity index (χ1v) is 4.16. The highest BCUT2D eigenvalue weighted by Crippen LogP contribution is 2.05. The van der Waals surface area contributed by atoms with Gasteiger partial charge in [0.25, 0.3) is 0 Å². The van der Waals surface area contributed by atoms with Crippen molar-refractivity contribution in [2.24, 2.45) is 5.73 Å². The Morgan fingerprint density at radius 2 is 2.36 bits per heavy atom. The first-order chi connectivity index (χ1) is 5.24. The van der Waals surface area contributed by atoms with Crippen LogP contribution in [0, 0.1) is 0 Å². The number of halogens is 1. The molecule has 4 heteroatoms. The molecule has 3 nitrogen and oxygen atoms in total. The van der Waals surface area contributed by atoms with Crippen molar-refractivity contribution in [1.29, 1.82) is 0 Å². The van der Waals surface area contributed by atoms with Gasteiger partial charge in [-0.2, -0.15) is 0 Å². The highest BCUT2D eigenvalue weighted by Gasteiger charge is 2.00. The summed E-state index contributed by atoms with van der Waals surface area (Å²) in [5.74, 6) is -0.444. The van der Waals surface area contributed by atoms with Crippen LogP contribution in [0.4, 0.5) is 0 Å². The molecule has 1 aromatic rings. The Morgan fingerprint density at radius 1 is 1.64 bits per heavy atom. The number of amides is 1. The fourth-order valence-corrected chi connectivity index (χ4v) is 1.00. The van der Waals surface area contributed by atoms with Crippen molar-refractivity contribution in [3.63, 3.8) is 0 Å². The van der Waals surface area contributed by atoms with Crippen LogP contribution in [-0.4, -0.2) is 10.9 Å². The minimum absolute atomic E-state index is 0.444. The Labute approximate surface area is 72.7 Å². The molecule has 1 rings (SSSR count). The Morgan fingerprint density at radius 3 is 2.91 bits per heavy atom. The summed E-state index contributed by atoms with van der Waals surface area (Å²) >= 11 is 3.25. The fourth-order valence-electron chi connectivity index (χ4n) is 0.695. The normalized spacial score (nSPS) is 9.55. The molecule has 0 unspecified atom stereocenters. The lowest BCUT2D eigenvalue weighted by atomic mass is 10.2. The zero-order valence-corrected chi connectivity index (χ0v) is 7.34. The summed E-state index contributed by atoms with van der Waals surface area (Å²) in [6.07, 6.45) is 3.13.